The van der Waals surface area contributed by atoms with Crippen molar-refractivity contribution in [2.45, 2.75) is 25.8 Å². The maximum atomic E-state index is 12.3. The molecule has 5 nitrogen and oxygen atoms in total. The number of allylic oxidation sites excluding steroid dienone is 1. The highest BCUT2D eigenvalue weighted by molar-refractivity contribution is 5.96. The van der Waals surface area contributed by atoms with Crippen LogP contribution in [0.1, 0.15) is 19.8 Å². The highest BCUT2D eigenvalue weighted by atomic mass is 16.2. The number of hydrogen-bond acceptors (Lipinski definition) is 3. The first-order valence-corrected chi connectivity index (χ1v) is 5.89. The first-order chi connectivity index (χ1) is 8.02. The van der Waals surface area contributed by atoms with E-state index in [0.717, 1.165) is 12.8 Å². The average molecular weight is 239 g/mol. The lowest BCUT2D eigenvalue weighted by Gasteiger charge is -2.27. The fourth-order valence-corrected chi connectivity index (χ4v) is 2.17. The molecular formula is C12H21N3O2. The smallest absolute Gasteiger partial charge is 0.270 e. The van der Waals surface area contributed by atoms with Gasteiger partial charge in [0.2, 0.25) is 5.91 Å². The van der Waals surface area contributed by atoms with Crippen molar-refractivity contribution in [2.75, 3.05) is 27.7 Å². The van der Waals surface area contributed by atoms with Gasteiger partial charge in [-0.2, -0.15) is 0 Å². The fraction of sp³-hybridized carbons (Fsp3) is 0.667. The summed E-state index contributed by atoms with van der Waals surface area (Å²) in [5, 5.41) is 2.61. The summed E-state index contributed by atoms with van der Waals surface area (Å²) < 4.78 is 0. The Morgan fingerprint density at radius 2 is 2.06 bits per heavy atom. The summed E-state index contributed by atoms with van der Waals surface area (Å²) in [4.78, 5) is 27.4. The van der Waals surface area contributed by atoms with Gasteiger partial charge in [0.1, 0.15) is 6.04 Å². The third-order valence-corrected chi connectivity index (χ3v) is 3.04. The van der Waals surface area contributed by atoms with Crippen molar-refractivity contribution in [1.29, 1.82) is 0 Å². The fourth-order valence-electron chi connectivity index (χ4n) is 2.17. The Morgan fingerprint density at radius 3 is 2.53 bits per heavy atom. The van der Waals surface area contributed by atoms with Crippen LogP contribution in [0.5, 0.6) is 0 Å². The summed E-state index contributed by atoms with van der Waals surface area (Å²) in [7, 11) is 5.27. The first-order valence-electron chi connectivity index (χ1n) is 5.89. The summed E-state index contributed by atoms with van der Waals surface area (Å²) in [6.07, 6.45) is 3.41. The molecule has 1 atom stereocenters. The van der Waals surface area contributed by atoms with E-state index in [1.54, 1.807) is 22.9 Å². The van der Waals surface area contributed by atoms with Crippen LogP contribution in [0.2, 0.25) is 0 Å². The number of rotatable bonds is 3. The number of nitrogens with one attached hydrogen (secondary N) is 1. The average Bonchev–Trinajstić information content (AvgIpc) is 2.77. The Bertz CT molecular complexity index is 337. The van der Waals surface area contributed by atoms with Crippen LogP contribution in [0, 0.1) is 0 Å². The second kappa shape index (κ2) is 5.70. The summed E-state index contributed by atoms with van der Waals surface area (Å²) in [5.74, 6) is -0.145. The van der Waals surface area contributed by atoms with Crippen molar-refractivity contribution in [3.63, 3.8) is 0 Å². The third-order valence-electron chi connectivity index (χ3n) is 3.04. The summed E-state index contributed by atoms with van der Waals surface area (Å²) >= 11 is 0. The highest BCUT2D eigenvalue weighted by Gasteiger charge is 2.34. The van der Waals surface area contributed by atoms with Crippen LogP contribution in [0.25, 0.3) is 0 Å². The molecule has 0 spiro atoms. The second-order valence-electron chi connectivity index (χ2n) is 4.34. The van der Waals surface area contributed by atoms with Gasteiger partial charge < -0.3 is 15.1 Å². The standard InChI is InChI=1S/C12H21N3O2/c1-5-9(14(3)4)12(17)15-8-6-7-10(15)11(16)13-2/h5,10H,6-8H2,1-4H3,(H,13,16)/b9-5-/t10-/m1/s1. The number of hydrogen-bond donors (Lipinski definition) is 1. The van der Waals surface area contributed by atoms with Crippen molar-refractivity contribution >= 4 is 11.8 Å². The molecular weight excluding hydrogens is 218 g/mol. The number of carbonyl (C=O) groups is 2. The van der Waals surface area contributed by atoms with Gasteiger partial charge in [0.25, 0.3) is 5.91 Å². The summed E-state index contributed by atoms with van der Waals surface area (Å²) in [6, 6.07) is -0.317. The van der Waals surface area contributed by atoms with Crippen LogP contribution in [0.3, 0.4) is 0 Å². The number of carbonyl (C=O) groups excluding carboxylic acids is 2. The largest absolute Gasteiger partial charge is 0.373 e. The maximum absolute atomic E-state index is 12.3. The van der Waals surface area contributed by atoms with Crippen molar-refractivity contribution in [2.24, 2.45) is 0 Å². The van der Waals surface area contributed by atoms with Gasteiger partial charge >= 0.3 is 0 Å². The number of nitrogens with zero attached hydrogens (tertiary/aromatic N) is 2. The summed E-state index contributed by atoms with van der Waals surface area (Å²) in [5.41, 5.74) is 0.626. The van der Waals surface area contributed by atoms with E-state index in [2.05, 4.69) is 5.32 Å². The van der Waals surface area contributed by atoms with Crippen LogP contribution >= 0.6 is 0 Å². The zero-order valence-corrected chi connectivity index (χ0v) is 11.0. The van der Waals surface area contributed by atoms with Gasteiger partial charge in [-0.15, -0.1) is 0 Å². The van der Waals surface area contributed by atoms with Crippen LogP contribution in [-0.2, 0) is 9.59 Å². The van der Waals surface area contributed by atoms with Gasteiger partial charge in [-0.25, -0.2) is 0 Å². The van der Waals surface area contributed by atoms with Gasteiger partial charge in [0, 0.05) is 27.7 Å². The Kier molecular flexibility index (Phi) is 4.54. The normalized spacial score (nSPS) is 20.4. The van der Waals surface area contributed by atoms with E-state index in [1.165, 1.54) is 0 Å². The van der Waals surface area contributed by atoms with Gasteiger partial charge in [0.15, 0.2) is 0 Å². The minimum Gasteiger partial charge on any atom is -0.373 e. The van der Waals surface area contributed by atoms with E-state index in [9.17, 15) is 9.59 Å². The van der Waals surface area contributed by atoms with E-state index in [4.69, 9.17) is 0 Å². The zero-order chi connectivity index (χ0) is 13.0. The molecule has 1 rings (SSSR count). The lowest BCUT2D eigenvalue weighted by Crippen LogP contribution is -2.46. The van der Waals surface area contributed by atoms with Gasteiger partial charge in [-0.1, -0.05) is 6.08 Å². The van der Waals surface area contributed by atoms with E-state index in [0.29, 0.717) is 12.2 Å². The van der Waals surface area contributed by atoms with Gasteiger partial charge in [-0.05, 0) is 19.8 Å². The molecule has 1 N–H and O–H groups in total. The minimum atomic E-state index is -0.317. The van der Waals surface area contributed by atoms with Crippen LogP contribution < -0.4 is 5.32 Å². The predicted octanol–water partition coefficient (Wildman–Crippen LogP) is 0.189. The molecule has 1 aliphatic rings. The minimum absolute atomic E-state index is 0.0661. The lowest BCUT2D eigenvalue weighted by molar-refractivity contribution is -0.136. The number of likely N-dealkylation sites (N-methyl/N-ethyl adjacent to an activating group) is 2. The summed E-state index contributed by atoms with van der Waals surface area (Å²) in [6.45, 7) is 2.49. The van der Waals surface area contributed by atoms with Gasteiger partial charge in [-0.3, -0.25) is 9.59 Å². The van der Waals surface area contributed by atoms with E-state index in [-0.39, 0.29) is 17.9 Å². The third kappa shape index (κ3) is 2.78. The molecule has 0 bridgehead atoms. The molecule has 96 valence electrons. The monoisotopic (exact) mass is 239 g/mol. The van der Waals surface area contributed by atoms with Crippen molar-refractivity contribution in [1.82, 2.24) is 15.1 Å². The SMILES string of the molecule is C/C=C(/C(=O)N1CCC[C@@H]1C(=O)NC)N(C)C. The molecule has 0 aromatic carbocycles. The lowest BCUT2D eigenvalue weighted by atomic mass is 10.2. The Hall–Kier alpha value is -1.52. The van der Waals surface area contributed by atoms with Crippen LogP contribution in [0.15, 0.2) is 11.8 Å². The quantitative estimate of drug-likeness (QED) is 0.715. The molecule has 17 heavy (non-hydrogen) atoms. The molecule has 5 heteroatoms. The molecule has 1 heterocycles. The second-order valence-corrected chi connectivity index (χ2v) is 4.34. The Morgan fingerprint density at radius 1 is 1.41 bits per heavy atom. The predicted molar refractivity (Wildman–Crippen MR) is 66.2 cm³/mol. The molecule has 2 amide bonds. The van der Waals surface area contributed by atoms with Crippen molar-refractivity contribution < 1.29 is 9.59 Å². The first kappa shape index (κ1) is 13.5. The number of likely N-dealkylation sites (tertiary alicyclic amines) is 1. The van der Waals surface area contributed by atoms with E-state index < -0.39 is 0 Å². The van der Waals surface area contributed by atoms with E-state index >= 15 is 0 Å². The topological polar surface area (TPSA) is 52.7 Å². The number of amides is 2. The molecule has 0 aromatic heterocycles. The van der Waals surface area contributed by atoms with Gasteiger partial charge in [0.05, 0.1) is 5.70 Å². The van der Waals surface area contributed by atoms with Crippen molar-refractivity contribution in [3.8, 4) is 0 Å². The van der Waals surface area contributed by atoms with E-state index in [1.807, 2.05) is 21.0 Å². The molecule has 1 fully saturated rings. The zero-order valence-electron chi connectivity index (χ0n) is 11.0. The Balaban J connectivity index is 2.85. The highest BCUT2D eigenvalue weighted by Crippen LogP contribution is 2.20. The molecule has 0 aromatic rings. The molecule has 1 saturated heterocycles. The molecule has 0 unspecified atom stereocenters. The molecule has 0 saturated carbocycles. The van der Waals surface area contributed by atoms with Crippen LogP contribution in [0.4, 0.5) is 0 Å². The molecule has 1 aliphatic heterocycles. The van der Waals surface area contributed by atoms with Crippen molar-refractivity contribution in [3.05, 3.63) is 11.8 Å². The Labute approximate surface area is 102 Å². The molecule has 0 radical (unpaired) electrons. The van der Waals surface area contributed by atoms with Crippen LogP contribution in [-0.4, -0.2) is 55.3 Å². The molecule has 0 aliphatic carbocycles. The maximum Gasteiger partial charge on any atom is 0.270 e.